The molecule has 3 N–H and O–H groups in total. The fourth-order valence-corrected chi connectivity index (χ4v) is 2.24. The van der Waals surface area contributed by atoms with Crippen LogP contribution in [0.3, 0.4) is 0 Å². The molecule has 0 radical (unpaired) electrons. The van der Waals surface area contributed by atoms with Gasteiger partial charge in [0.15, 0.2) is 5.96 Å². The Bertz CT molecular complexity index is 444. The van der Waals surface area contributed by atoms with E-state index in [1.165, 1.54) is 17.5 Å². The van der Waals surface area contributed by atoms with Gasteiger partial charge in [0, 0.05) is 5.69 Å². The fourth-order valence-electron chi connectivity index (χ4n) is 2.24. The van der Waals surface area contributed by atoms with Crippen molar-refractivity contribution in [3.05, 3.63) is 29.3 Å². The van der Waals surface area contributed by atoms with Crippen LogP contribution in [0.4, 0.5) is 14.5 Å². The monoisotopic (exact) mass is 253 g/mol. The smallest absolute Gasteiger partial charge is 0.257 e. The van der Waals surface area contributed by atoms with Crippen LogP contribution in [0.2, 0.25) is 0 Å². The van der Waals surface area contributed by atoms with Gasteiger partial charge in [-0.15, -0.1) is 0 Å². The summed E-state index contributed by atoms with van der Waals surface area (Å²) in [7, 11) is 0. The van der Waals surface area contributed by atoms with Crippen LogP contribution in [0.1, 0.15) is 24.0 Å². The van der Waals surface area contributed by atoms with Crippen molar-refractivity contribution in [2.75, 3.05) is 11.9 Å². The van der Waals surface area contributed by atoms with Crippen molar-refractivity contribution in [1.82, 2.24) is 0 Å². The number of halogens is 2. The van der Waals surface area contributed by atoms with Crippen molar-refractivity contribution < 1.29 is 8.78 Å². The highest BCUT2D eigenvalue weighted by Gasteiger charge is 2.13. The maximum absolute atomic E-state index is 12.0. The first kappa shape index (κ1) is 12.8. The lowest BCUT2D eigenvalue weighted by Crippen LogP contribution is -2.25. The normalized spacial score (nSPS) is 15.6. The number of benzene rings is 1. The number of nitrogens with two attached hydrogens (primary N) is 1. The zero-order valence-electron chi connectivity index (χ0n) is 10.1. The van der Waals surface area contributed by atoms with Crippen LogP contribution in [0, 0.1) is 0 Å². The standard InChI is InChI=1S/C13H17F2N3/c14-12(15)8-17-13(16)18-11-7-3-5-9-4-1-2-6-10(9)11/h3,5,7,12H,1-2,4,6,8H2,(H3,16,17,18). The average molecular weight is 253 g/mol. The van der Waals surface area contributed by atoms with E-state index in [1.54, 1.807) is 0 Å². The van der Waals surface area contributed by atoms with Gasteiger partial charge in [0.2, 0.25) is 0 Å². The number of aryl methyl sites for hydroxylation is 1. The van der Waals surface area contributed by atoms with Crippen molar-refractivity contribution in [3.8, 4) is 0 Å². The number of aliphatic imine (C=N–C) groups is 1. The molecule has 0 spiro atoms. The summed E-state index contributed by atoms with van der Waals surface area (Å²) in [5.41, 5.74) is 9.03. The van der Waals surface area contributed by atoms with E-state index < -0.39 is 13.0 Å². The number of anilines is 1. The summed E-state index contributed by atoms with van der Waals surface area (Å²) >= 11 is 0. The molecule has 0 amide bonds. The zero-order valence-corrected chi connectivity index (χ0v) is 10.1. The van der Waals surface area contributed by atoms with E-state index in [-0.39, 0.29) is 5.96 Å². The molecule has 0 aliphatic heterocycles. The van der Waals surface area contributed by atoms with Crippen molar-refractivity contribution in [2.24, 2.45) is 10.7 Å². The third-order valence-electron chi connectivity index (χ3n) is 3.06. The highest BCUT2D eigenvalue weighted by atomic mass is 19.3. The number of alkyl halides is 2. The molecular weight excluding hydrogens is 236 g/mol. The van der Waals surface area contributed by atoms with Crippen LogP contribution < -0.4 is 11.1 Å². The third kappa shape index (κ3) is 3.18. The maximum atomic E-state index is 12.0. The van der Waals surface area contributed by atoms with Crippen molar-refractivity contribution in [1.29, 1.82) is 0 Å². The SMILES string of the molecule is NC(=NCC(F)F)Nc1cccc2c1CCCC2. The molecule has 0 saturated carbocycles. The largest absolute Gasteiger partial charge is 0.370 e. The minimum absolute atomic E-state index is 0.0503. The van der Waals surface area contributed by atoms with Gasteiger partial charge in [0.25, 0.3) is 6.43 Å². The maximum Gasteiger partial charge on any atom is 0.257 e. The number of rotatable bonds is 3. The number of hydrogen-bond donors (Lipinski definition) is 2. The van der Waals surface area contributed by atoms with Gasteiger partial charge in [-0.05, 0) is 42.9 Å². The summed E-state index contributed by atoms with van der Waals surface area (Å²) in [4.78, 5) is 3.60. The van der Waals surface area contributed by atoms with Crippen LogP contribution in [0.5, 0.6) is 0 Å². The van der Waals surface area contributed by atoms with Crippen LogP contribution in [0.15, 0.2) is 23.2 Å². The molecule has 18 heavy (non-hydrogen) atoms. The lowest BCUT2D eigenvalue weighted by atomic mass is 9.90. The van der Waals surface area contributed by atoms with Crippen LogP contribution in [0.25, 0.3) is 0 Å². The summed E-state index contributed by atoms with van der Waals surface area (Å²) < 4.78 is 24.0. The number of guanidine groups is 1. The lowest BCUT2D eigenvalue weighted by molar-refractivity contribution is 0.158. The number of fused-ring (bicyclic) bond motifs is 1. The summed E-state index contributed by atoms with van der Waals surface area (Å²) in [6.45, 7) is -0.562. The van der Waals surface area contributed by atoms with Gasteiger partial charge in [0.1, 0.15) is 6.54 Å². The van der Waals surface area contributed by atoms with Gasteiger partial charge in [-0.3, -0.25) is 0 Å². The summed E-state index contributed by atoms with van der Waals surface area (Å²) in [6, 6.07) is 5.97. The van der Waals surface area contributed by atoms with E-state index in [0.29, 0.717) is 0 Å². The Morgan fingerprint density at radius 2 is 2.11 bits per heavy atom. The van der Waals surface area contributed by atoms with Crippen molar-refractivity contribution in [3.63, 3.8) is 0 Å². The van der Waals surface area contributed by atoms with Gasteiger partial charge in [0.05, 0.1) is 0 Å². The Morgan fingerprint density at radius 1 is 1.33 bits per heavy atom. The molecule has 5 heteroatoms. The zero-order chi connectivity index (χ0) is 13.0. The molecule has 0 bridgehead atoms. The van der Waals surface area contributed by atoms with Gasteiger partial charge >= 0.3 is 0 Å². The molecule has 98 valence electrons. The van der Waals surface area contributed by atoms with Gasteiger partial charge in [-0.2, -0.15) is 0 Å². The highest BCUT2D eigenvalue weighted by Crippen LogP contribution is 2.27. The number of hydrogen-bond acceptors (Lipinski definition) is 1. The molecule has 0 heterocycles. The Hall–Kier alpha value is -1.65. The Balaban J connectivity index is 2.12. The third-order valence-corrected chi connectivity index (χ3v) is 3.06. The predicted octanol–water partition coefficient (Wildman–Crippen LogP) is 2.56. The summed E-state index contributed by atoms with van der Waals surface area (Å²) in [5.74, 6) is 0.0503. The molecule has 1 aliphatic carbocycles. The average Bonchev–Trinajstić information content (AvgIpc) is 2.37. The molecule has 0 unspecified atom stereocenters. The molecule has 0 fully saturated rings. The molecule has 1 aromatic carbocycles. The molecule has 0 atom stereocenters. The molecule has 0 aromatic heterocycles. The number of nitrogens with one attached hydrogen (secondary N) is 1. The van der Waals surface area contributed by atoms with E-state index in [9.17, 15) is 8.78 Å². The summed E-state index contributed by atoms with van der Waals surface area (Å²) in [5, 5.41) is 2.92. The second-order valence-corrected chi connectivity index (χ2v) is 4.39. The van der Waals surface area contributed by atoms with Gasteiger partial charge < -0.3 is 11.1 Å². The minimum atomic E-state index is -2.46. The lowest BCUT2D eigenvalue weighted by Gasteiger charge is -2.19. The minimum Gasteiger partial charge on any atom is -0.370 e. The second-order valence-electron chi connectivity index (χ2n) is 4.39. The topological polar surface area (TPSA) is 50.4 Å². The predicted molar refractivity (Wildman–Crippen MR) is 69.2 cm³/mol. The van der Waals surface area contributed by atoms with E-state index in [0.717, 1.165) is 24.9 Å². The highest BCUT2D eigenvalue weighted by molar-refractivity contribution is 5.93. The van der Waals surface area contributed by atoms with Crippen molar-refractivity contribution in [2.45, 2.75) is 32.1 Å². The molecule has 1 aliphatic rings. The van der Waals surface area contributed by atoms with Crippen LogP contribution in [-0.2, 0) is 12.8 Å². The first-order valence-electron chi connectivity index (χ1n) is 6.12. The molecule has 3 nitrogen and oxygen atoms in total. The first-order valence-corrected chi connectivity index (χ1v) is 6.12. The molecular formula is C13H17F2N3. The molecule has 2 rings (SSSR count). The number of nitrogens with zero attached hydrogens (tertiary/aromatic N) is 1. The molecule has 1 aromatic rings. The van der Waals surface area contributed by atoms with E-state index >= 15 is 0 Å². The Labute approximate surface area is 105 Å². The van der Waals surface area contributed by atoms with Crippen LogP contribution in [-0.4, -0.2) is 18.9 Å². The second kappa shape index (κ2) is 5.80. The quantitative estimate of drug-likeness (QED) is 0.642. The van der Waals surface area contributed by atoms with E-state index in [4.69, 9.17) is 5.73 Å². The Morgan fingerprint density at radius 3 is 2.89 bits per heavy atom. The van der Waals surface area contributed by atoms with Gasteiger partial charge in [-0.1, -0.05) is 12.1 Å². The van der Waals surface area contributed by atoms with E-state index in [1.807, 2.05) is 12.1 Å². The summed E-state index contributed by atoms with van der Waals surface area (Å²) in [6.07, 6.45) is 1.96. The van der Waals surface area contributed by atoms with E-state index in [2.05, 4.69) is 16.4 Å². The molecule has 0 saturated heterocycles. The van der Waals surface area contributed by atoms with Crippen molar-refractivity contribution >= 4 is 11.6 Å². The van der Waals surface area contributed by atoms with Crippen LogP contribution >= 0.6 is 0 Å². The first-order chi connectivity index (χ1) is 8.66. The fraction of sp³-hybridized carbons (Fsp3) is 0.462. The van der Waals surface area contributed by atoms with Gasteiger partial charge in [-0.25, -0.2) is 13.8 Å². The Kier molecular flexibility index (Phi) is 4.12.